The van der Waals surface area contributed by atoms with E-state index in [1.807, 2.05) is 0 Å². The number of carbonyl (C=O) groups excluding carboxylic acids is 3. The van der Waals surface area contributed by atoms with E-state index in [0.29, 0.717) is 42.1 Å². The van der Waals surface area contributed by atoms with E-state index in [4.69, 9.17) is 14.2 Å². The number of ether oxygens (including phenoxy) is 3. The van der Waals surface area contributed by atoms with Crippen LogP contribution in [0.1, 0.15) is 53.7 Å². The van der Waals surface area contributed by atoms with Gasteiger partial charge in [-0.05, 0) is 42.7 Å². The van der Waals surface area contributed by atoms with E-state index in [2.05, 4.69) is 6.92 Å². The van der Waals surface area contributed by atoms with Gasteiger partial charge < -0.3 is 24.2 Å². The number of unbranched alkanes of at least 4 members (excludes halogenated alkanes) is 1. The average molecular weight is 482 g/mol. The van der Waals surface area contributed by atoms with Crippen molar-refractivity contribution in [1.82, 2.24) is 4.90 Å². The second kappa shape index (κ2) is 12.2. The Balaban J connectivity index is 2.05. The van der Waals surface area contributed by atoms with Gasteiger partial charge in [-0.3, -0.25) is 9.59 Å². The Kier molecular flexibility index (Phi) is 9.03. The molecule has 186 valence electrons. The molecule has 1 saturated heterocycles. The number of aliphatic hydroxyl groups is 1. The van der Waals surface area contributed by atoms with E-state index >= 15 is 0 Å². The first-order valence-corrected chi connectivity index (χ1v) is 11.6. The number of aliphatic hydroxyl groups excluding tert-OH is 1. The monoisotopic (exact) mass is 481 g/mol. The summed E-state index contributed by atoms with van der Waals surface area (Å²) in [6.45, 7) is 3.28. The molecule has 2 aromatic carbocycles. The van der Waals surface area contributed by atoms with Gasteiger partial charge >= 0.3 is 5.97 Å². The largest absolute Gasteiger partial charge is 0.507 e. The normalized spacial score (nSPS) is 17.0. The average Bonchev–Trinajstić information content (AvgIpc) is 3.13. The molecule has 0 aromatic heterocycles. The lowest BCUT2D eigenvalue weighted by atomic mass is 9.94. The molecule has 1 fully saturated rings. The highest BCUT2D eigenvalue weighted by Crippen LogP contribution is 2.40. The molecule has 1 unspecified atom stereocenters. The highest BCUT2D eigenvalue weighted by atomic mass is 16.5. The van der Waals surface area contributed by atoms with Crippen LogP contribution in [0.25, 0.3) is 5.76 Å². The molecule has 1 atom stereocenters. The fourth-order valence-electron chi connectivity index (χ4n) is 3.98. The molecule has 8 heteroatoms. The Morgan fingerprint density at radius 2 is 1.74 bits per heavy atom. The number of likely N-dealkylation sites (tertiary alicyclic amines) is 1. The standard InChI is InChI=1S/C27H31NO7/c1-4-5-16-35-21-9-6-8-20(17-21)24(29)22-23(18-10-12-19(13-11-18)27(32)34-3)28(14-7-15-33-2)26(31)25(22)30/h6,8-13,17,23,29H,4-5,7,14-16H2,1-3H3. The first-order chi connectivity index (χ1) is 16.9. The molecule has 2 aromatic rings. The van der Waals surface area contributed by atoms with Crippen LogP contribution in [0, 0.1) is 0 Å². The number of amides is 1. The molecule has 0 spiro atoms. The Labute approximate surface area is 205 Å². The minimum Gasteiger partial charge on any atom is -0.507 e. The van der Waals surface area contributed by atoms with E-state index in [0.717, 1.165) is 12.8 Å². The summed E-state index contributed by atoms with van der Waals surface area (Å²) in [7, 11) is 2.85. The van der Waals surface area contributed by atoms with Crippen LogP contribution < -0.4 is 4.74 Å². The Morgan fingerprint density at radius 3 is 2.40 bits per heavy atom. The number of ketones is 1. The van der Waals surface area contributed by atoms with E-state index in [1.54, 1.807) is 55.6 Å². The maximum absolute atomic E-state index is 13.1. The van der Waals surface area contributed by atoms with Crippen molar-refractivity contribution in [3.63, 3.8) is 0 Å². The number of esters is 1. The highest BCUT2D eigenvalue weighted by Gasteiger charge is 2.45. The van der Waals surface area contributed by atoms with Crippen molar-refractivity contribution in [3.05, 3.63) is 70.8 Å². The number of hydrogen-bond donors (Lipinski definition) is 1. The fraction of sp³-hybridized carbons (Fsp3) is 0.370. The van der Waals surface area contributed by atoms with Gasteiger partial charge in [-0.1, -0.05) is 37.6 Å². The van der Waals surface area contributed by atoms with Crippen LogP contribution in [0.2, 0.25) is 0 Å². The van der Waals surface area contributed by atoms with E-state index in [9.17, 15) is 19.5 Å². The first-order valence-electron chi connectivity index (χ1n) is 11.6. The third-order valence-corrected chi connectivity index (χ3v) is 5.81. The van der Waals surface area contributed by atoms with Crippen LogP contribution in [-0.2, 0) is 19.1 Å². The number of Topliss-reactive ketones (excluding diaryl/α,β-unsaturated/α-hetero) is 1. The van der Waals surface area contributed by atoms with E-state index in [-0.39, 0.29) is 17.9 Å². The second-order valence-corrected chi connectivity index (χ2v) is 8.18. The molecule has 8 nitrogen and oxygen atoms in total. The minimum atomic E-state index is -0.816. The zero-order valence-electron chi connectivity index (χ0n) is 20.3. The number of hydrogen-bond acceptors (Lipinski definition) is 7. The van der Waals surface area contributed by atoms with Gasteiger partial charge in [0, 0.05) is 25.8 Å². The second-order valence-electron chi connectivity index (χ2n) is 8.18. The molecule has 1 N–H and O–H groups in total. The predicted octanol–water partition coefficient (Wildman–Crippen LogP) is 4.11. The van der Waals surface area contributed by atoms with Crippen LogP contribution in [0.3, 0.4) is 0 Å². The molecular formula is C27H31NO7. The van der Waals surface area contributed by atoms with Gasteiger partial charge in [0.05, 0.1) is 30.9 Å². The summed E-state index contributed by atoms with van der Waals surface area (Å²) in [6, 6.07) is 12.5. The highest BCUT2D eigenvalue weighted by molar-refractivity contribution is 6.46. The first kappa shape index (κ1) is 26.0. The molecular weight excluding hydrogens is 450 g/mol. The van der Waals surface area contributed by atoms with Crippen molar-refractivity contribution in [1.29, 1.82) is 0 Å². The number of rotatable bonds is 11. The van der Waals surface area contributed by atoms with Crippen LogP contribution in [0.4, 0.5) is 0 Å². The van der Waals surface area contributed by atoms with Crippen molar-refractivity contribution in [2.75, 3.05) is 34.0 Å². The maximum atomic E-state index is 13.1. The van der Waals surface area contributed by atoms with E-state index in [1.165, 1.54) is 12.0 Å². The Morgan fingerprint density at radius 1 is 1.00 bits per heavy atom. The molecule has 3 rings (SSSR count). The number of nitrogens with zero attached hydrogens (tertiary/aromatic N) is 1. The Hall–Kier alpha value is -3.65. The number of benzene rings is 2. The van der Waals surface area contributed by atoms with Gasteiger partial charge in [0.2, 0.25) is 0 Å². The molecule has 0 bridgehead atoms. The van der Waals surface area contributed by atoms with Gasteiger partial charge in [-0.15, -0.1) is 0 Å². The molecule has 1 aliphatic heterocycles. The summed E-state index contributed by atoms with van der Waals surface area (Å²) in [5, 5.41) is 11.2. The van der Waals surface area contributed by atoms with Crippen LogP contribution >= 0.6 is 0 Å². The third-order valence-electron chi connectivity index (χ3n) is 5.81. The van der Waals surface area contributed by atoms with Crippen LogP contribution in [0.15, 0.2) is 54.1 Å². The summed E-state index contributed by atoms with van der Waals surface area (Å²) < 4.78 is 15.6. The molecule has 1 heterocycles. The van der Waals surface area contributed by atoms with Gasteiger partial charge in [0.15, 0.2) is 0 Å². The quantitative estimate of drug-likeness (QED) is 0.169. The minimum absolute atomic E-state index is 0.0102. The van der Waals surface area contributed by atoms with Gasteiger partial charge in [-0.2, -0.15) is 0 Å². The predicted molar refractivity (Wildman–Crippen MR) is 130 cm³/mol. The zero-order chi connectivity index (χ0) is 25.4. The zero-order valence-corrected chi connectivity index (χ0v) is 20.3. The van der Waals surface area contributed by atoms with Gasteiger partial charge in [0.25, 0.3) is 11.7 Å². The molecule has 0 radical (unpaired) electrons. The van der Waals surface area contributed by atoms with Crippen molar-refractivity contribution < 1.29 is 33.7 Å². The maximum Gasteiger partial charge on any atom is 0.337 e. The lowest BCUT2D eigenvalue weighted by Crippen LogP contribution is -2.31. The van der Waals surface area contributed by atoms with Gasteiger partial charge in [-0.25, -0.2) is 4.79 Å². The summed E-state index contributed by atoms with van der Waals surface area (Å²) in [6.07, 6.45) is 2.40. The molecule has 1 aliphatic rings. The SMILES string of the molecule is CCCCOc1cccc(C(O)=C2C(=O)C(=O)N(CCCOC)C2c2ccc(C(=O)OC)cc2)c1. The number of carbonyl (C=O) groups is 3. The molecule has 35 heavy (non-hydrogen) atoms. The van der Waals surface area contributed by atoms with Crippen LogP contribution in [0.5, 0.6) is 5.75 Å². The molecule has 0 aliphatic carbocycles. The lowest BCUT2D eigenvalue weighted by Gasteiger charge is -2.25. The fourth-order valence-corrected chi connectivity index (χ4v) is 3.98. The van der Waals surface area contributed by atoms with Crippen LogP contribution in [-0.4, -0.2) is 61.6 Å². The van der Waals surface area contributed by atoms with Crippen molar-refractivity contribution in [3.8, 4) is 5.75 Å². The van der Waals surface area contributed by atoms with Crippen molar-refractivity contribution in [2.45, 2.75) is 32.2 Å². The van der Waals surface area contributed by atoms with Crippen molar-refractivity contribution in [2.24, 2.45) is 0 Å². The molecule has 0 saturated carbocycles. The summed E-state index contributed by atoms with van der Waals surface area (Å²) >= 11 is 0. The number of methoxy groups -OCH3 is 2. The topological polar surface area (TPSA) is 102 Å². The summed E-state index contributed by atoms with van der Waals surface area (Å²) in [4.78, 5) is 39.4. The van der Waals surface area contributed by atoms with Crippen molar-refractivity contribution >= 4 is 23.4 Å². The van der Waals surface area contributed by atoms with E-state index < -0.39 is 23.7 Å². The summed E-state index contributed by atoms with van der Waals surface area (Å²) in [5.41, 5.74) is 1.30. The van der Waals surface area contributed by atoms with Gasteiger partial charge in [0.1, 0.15) is 11.5 Å². The summed E-state index contributed by atoms with van der Waals surface area (Å²) in [5.74, 6) is -1.67. The molecule has 1 amide bonds. The lowest BCUT2D eigenvalue weighted by molar-refractivity contribution is -0.140. The Bertz CT molecular complexity index is 1090. The smallest absolute Gasteiger partial charge is 0.337 e. The third kappa shape index (κ3) is 5.89.